The van der Waals surface area contributed by atoms with Crippen LogP contribution in [0.15, 0.2) is 18.2 Å². The maximum absolute atomic E-state index is 5.22. The smallest absolute Gasteiger partial charge is 0.170 e. The second-order valence-electron chi connectivity index (χ2n) is 4.20. The Hall–Kier alpha value is -1.13. The van der Waals surface area contributed by atoms with Crippen molar-refractivity contribution in [2.75, 3.05) is 19.0 Å². The first kappa shape index (κ1) is 13.9. The number of methoxy groups -OCH3 is 1. The Kier molecular flexibility index (Phi) is 5.38. The molecule has 1 unspecified atom stereocenters. The lowest BCUT2D eigenvalue weighted by molar-refractivity contribution is 0.121. The molecule has 0 saturated carbocycles. The quantitative estimate of drug-likeness (QED) is 0.807. The fraction of sp³-hybridized carbons (Fsp3) is 0.462. The van der Waals surface area contributed by atoms with Crippen LogP contribution in [-0.4, -0.2) is 24.9 Å². The Bertz CT molecular complexity index is 393. The van der Waals surface area contributed by atoms with Crippen LogP contribution in [0.5, 0.6) is 0 Å². The van der Waals surface area contributed by atoms with Crippen LogP contribution in [0.2, 0.25) is 0 Å². The summed E-state index contributed by atoms with van der Waals surface area (Å²) in [5, 5.41) is 6.93. The zero-order valence-electron chi connectivity index (χ0n) is 10.8. The zero-order valence-corrected chi connectivity index (χ0v) is 11.6. The molecule has 0 aliphatic rings. The molecule has 0 amide bonds. The van der Waals surface area contributed by atoms with E-state index in [9.17, 15) is 0 Å². The lowest BCUT2D eigenvalue weighted by Gasteiger charge is -2.15. The predicted molar refractivity (Wildman–Crippen MR) is 76.6 cm³/mol. The Morgan fingerprint density at radius 1 is 1.41 bits per heavy atom. The van der Waals surface area contributed by atoms with Crippen LogP contribution in [0.25, 0.3) is 0 Å². The van der Waals surface area contributed by atoms with Gasteiger partial charge in [0.15, 0.2) is 5.11 Å². The lowest BCUT2D eigenvalue weighted by atomic mass is 10.1. The molecule has 0 aromatic heterocycles. The number of nitrogens with one attached hydrogen (secondary N) is 2. The summed E-state index contributed by atoms with van der Waals surface area (Å²) in [4.78, 5) is 0. The van der Waals surface area contributed by atoms with Crippen LogP contribution >= 0.6 is 12.2 Å². The van der Waals surface area contributed by atoms with Crippen molar-refractivity contribution in [2.45, 2.75) is 26.9 Å². The molecule has 1 aromatic carbocycles. The van der Waals surface area contributed by atoms with Gasteiger partial charge in [0, 0.05) is 19.3 Å². The third-order valence-corrected chi connectivity index (χ3v) is 2.83. The first-order chi connectivity index (χ1) is 8.02. The van der Waals surface area contributed by atoms with E-state index in [0.717, 1.165) is 5.69 Å². The Balaban J connectivity index is 2.50. The summed E-state index contributed by atoms with van der Waals surface area (Å²) in [5.74, 6) is 0. The van der Waals surface area contributed by atoms with Crippen molar-refractivity contribution in [3.8, 4) is 0 Å². The van der Waals surface area contributed by atoms with Gasteiger partial charge in [-0.05, 0) is 44.6 Å². The van der Waals surface area contributed by atoms with Gasteiger partial charge in [0.2, 0.25) is 0 Å². The van der Waals surface area contributed by atoms with Crippen LogP contribution in [0.1, 0.15) is 18.1 Å². The number of anilines is 1. The van der Waals surface area contributed by atoms with Gasteiger partial charge in [-0.25, -0.2) is 0 Å². The summed E-state index contributed by atoms with van der Waals surface area (Å²) in [6.45, 7) is 6.84. The molecule has 0 saturated heterocycles. The summed E-state index contributed by atoms with van der Waals surface area (Å²) in [6, 6.07) is 6.23. The fourth-order valence-corrected chi connectivity index (χ4v) is 1.63. The van der Waals surface area contributed by atoms with Crippen molar-refractivity contribution in [3.63, 3.8) is 0 Å². The highest BCUT2D eigenvalue weighted by Gasteiger charge is 2.03. The normalized spacial score (nSPS) is 12.0. The number of ether oxygens (including phenoxy) is 1. The Labute approximate surface area is 109 Å². The van der Waals surface area contributed by atoms with E-state index in [2.05, 4.69) is 36.6 Å². The largest absolute Gasteiger partial charge is 0.380 e. The summed E-state index contributed by atoms with van der Waals surface area (Å²) in [5.41, 5.74) is 3.48. The Morgan fingerprint density at radius 3 is 2.71 bits per heavy atom. The summed E-state index contributed by atoms with van der Waals surface area (Å²) in [7, 11) is 1.69. The first-order valence-electron chi connectivity index (χ1n) is 5.68. The monoisotopic (exact) mass is 252 g/mol. The molecule has 0 spiro atoms. The van der Waals surface area contributed by atoms with Crippen molar-refractivity contribution in [1.29, 1.82) is 0 Å². The predicted octanol–water partition coefficient (Wildman–Crippen LogP) is 2.62. The van der Waals surface area contributed by atoms with Crippen molar-refractivity contribution >= 4 is 23.0 Å². The van der Waals surface area contributed by atoms with E-state index in [-0.39, 0.29) is 6.10 Å². The Morgan fingerprint density at radius 2 is 2.12 bits per heavy atom. The van der Waals surface area contributed by atoms with Gasteiger partial charge in [0.1, 0.15) is 0 Å². The molecule has 4 heteroatoms. The molecule has 94 valence electrons. The molecule has 0 aliphatic heterocycles. The maximum atomic E-state index is 5.22. The highest BCUT2D eigenvalue weighted by atomic mass is 32.1. The number of aryl methyl sites for hydroxylation is 2. The van der Waals surface area contributed by atoms with Crippen molar-refractivity contribution < 1.29 is 4.74 Å². The number of thiocarbonyl (C=S) groups is 1. The van der Waals surface area contributed by atoms with Crippen LogP contribution in [0.4, 0.5) is 5.69 Å². The second-order valence-corrected chi connectivity index (χ2v) is 4.61. The van der Waals surface area contributed by atoms with Crippen molar-refractivity contribution in [3.05, 3.63) is 29.3 Å². The molecule has 1 rings (SSSR count). The first-order valence-corrected chi connectivity index (χ1v) is 6.08. The molecule has 0 bridgehead atoms. The van der Waals surface area contributed by atoms with E-state index in [1.54, 1.807) is 7.11 Å². The minimum Gasteiger partial charge on any atom is -0.380 e. The summed E-state index contributed by atoms with van der Waals surface area (Å²) >= 11 is 5.22. The average Bonchev–Trinajstić information content (AvgIpc) is 2.29. The van der Waals surface area contributed by atoms with Crippen molar-refractivity contribution in [1.82, 2.24) is 5.32 Å². The van der Waals surface area contributed by atoms with Gasteiger partial charge in [0.05, 0.1) is 6.10 Å². The van der Waals surface area contributed by atoms with E-state index in [1.807, 2.05) is 13.0 Å². The molecule has 2 N–H and O–H groups in total. The van der Waals surface area contributed by atoms with Gasteiger partial charge in [-0.2, -0.15) is 0 Å². The van der Waals surface area contributed by atoms with E-state index < -0.39 is 0 Å². The number of rotatable bonds is 4. The SMILES string of the molecule is COC(C)CNC(=S)Nc1ccc(C)cc1C. The second kappa shape index (κ2) is 6.57. The van der Waals surface area contributed by atoms with Crippen LogP contribution in [0, 0.1) is 13.8 Å². The highest BCUT2D eigenvalue weighted by molar-refractivity contribution is 7.80. The third kappa shape index (κ3) is 4.71. The fourth-order valence-electron chi connectivity index (χ4n) is 1.44. The molecule has 1 atom stereocenters. The molecule has 3 nitrogen and oxygen atoms in total. The molecule has 0 aliphatic carbocycles. The number of benzene rings is 1. The van der Waals surface area contributed by atoms with Crippen LogP contribution in [0.3, 0.4) is 0 Å². The maximum Gasteiger partial charge on any atom is 0.170 e. The van der Waals surface area contributed by atoms with Gasteiger partial charge in [-0.1, -0.05) is 17.7 Å². The highest BCUT2D eigenvalue weighted by Crippen LogP contribution is 2.15. The van der Waals surface area contributed by atoms with E-state index >= 15 is 0 Å². The van der Waals surface area contributed by atoms with E-state index in [4.69, 9.17) is 17.0 Å². The molecular weight excluding hydrogens is 232 g/mol. The molecule has 1 aromatic rings. The van der Waals surface area contributed by atoms with Crippen LogP contribution in [-0.2, 0) is 4.74 Å². The molecular formula is C13H20N2OS. The topological polar surface area (TPSA) is 33.3 Å². The number of hydrogen-bond donors (Lipinski definition) is 2. The van der Waals surface area contributed by atoms with Gasteiger partial charge in [-0.3, -0.25) is 0 Å². The molecule has 0 fully saturated rings. The number of hydrogen-bond acceptors (Lipinski definition) is 2. The van der Waals surface area contributed by atoms with Gasteiger partial charge >= 0.3 is 0 Å². The minimum absolute atomic E-state index is 0.147. The van der Waals surface area contributed by atoms with Crippen molar-refractivity contribution in [2.24, 2.45) is 0 Å². The average molecular weight is 252 g/mol. The molecule has 0 heterocycles. The lowest BCUT2D eigenvalue weighted by Crippen LogP contribution is -2.34. The molecule has 17 heavy (non-hydrogen) atoms. The van der Waals surface area contributed by atoms with Gasteiger partial charge in [-0.15, -0.1) is 0 Å². The van der Waals surface area contributed by atoms with E-state index in [1.165, 1.54) is 11.1 Å². The van der Waals surface area contributed by atoms with Gasteiger partial charge < -0.3 is 15.4 Å². The van der Waals surface area contributed by atoms with Crippen LogP contribution < -0.4 is 10.6 Å². The van der Waals surface area contributed by atoms with Gasteiger partial charge in [0.25, 0.3) is 0 Å². The molecule has 0 radical (unpaired) electrons. The summed E-state index contributed by atoms with van der Waals surface area (Å²) < 4.78 is 5.14. The zero-order chi connectivity index (χ0) is 12.8. The standard InChI is InChI=1S/C13H20N2OS/c1-9-5-6-12(10(2)7-9)15-13(17)14-8-11(3)16-4/h5-7,11H,8H2,1-4H3,(H2,14,15,17). The van der Waals surface area contributed by atoms with E-state index in [0.29, 0.717) is 11.7 Å². The summed E-state index contributed by atoms with van der Waals surface area (Å²) in [6.07, 6.45) is 0.147. The third-order valence-electron chi connectivity index (χ3n) is 2.58. The minimum atomic E-state index is 0.147.